The highest BCUT2D eigenvalue weighted by Crippen LogP contribution is 2.12. The molecule has 0 bridgehead atoms. The van der Waals surface area contributed by atoms with Gasteiger partial charge in [0.15, 0.2) is 5.96 Å². The molecule has 0 saturated heterocycles. The van der Waals surface area contributed by atoms with Gasteiger partial charge in [-0.2, -0.15) is 0 Å². The van der Waals surface area contributed by atoms with E-state index in [1.165, 1.54) is 6.42 Å². The molecule has 0 radical (unpaired) electrons. The Morgan fingerprint density at radius 3 is 2.77 bits per heavy atom. The third-order valence-electron chi connectivity index (χ3n) is 3.61. The molecule has 2 N–H and O–H groups in total. The lowest BCUT2D eigenvalue weighted by Crippen LogP contribution is -2.38. The molecule has 8 heteroatoms. The summed E-state index contributed by atoms with van der Waals surface area (Å²) in [5.74, 6) is 0.814. The predicted octanol–water partition coefficient (Wildman–Crippen LogP) is 3.98. The van der Waals surface area contributed by atoms with E-state index in [2.05, 4.69) is 50.4 Å². The Balaban J connectivity index is 0.00000338. The zero-order valence-electron chi connectivity index (χ0n) is 15.5. The summed E-state index contributed by atoms with van der Waals surface area (Å²) in [6.07, 6.45) is 7.28. The number of guanidine groups is 1. The van der Waals surface area contributed by atoms with Crippen LogP contribution in [0.25, 0.3) is 5.65 Å². The molecule has 0 aliphatic heterocycles. The molecule has 6 nitrogen and oxygen atoms in total. The number of hydrogen-bond donors (Lipinski definition) is 2. The molecule has 0 amide bonds. The van der Waals surface area contributed by atoms with Crippen molar-refractivity contribution >= 4 is 51.5 Å². The molecular weight excluding hydrogens is 509 g/mol. The largest absolute Gasteiger partial charge is 0.381 e. The fraction of sp³-hybridized carbons (Fsp3) is 0.556. The van der Waals surface area contributed by atoms with E-state index in [1.54, 1.807) is 0 Å². The molecule has 2 rings (SSSR count). The van der Waals surface area contributed by atoms with Crippen molar-refractivity contribution in [2.75, 3.05) is 26.3 Å². The zero-order valence-corrected chi connectivity index (χ0v) is 19.4. The highest BCUT2D eigenvalue weighted by molar-refractivity contribution is 14.0. The van der Waals surface area contributed by atoms with Crippen LogP contribution in [0, 0.1) is 0 Å². The van der Waals surface area contributed by atoms with E-state index in [-0.39, 0.29) is 24.0 Å². The van der Waals surface area contributed by atoms with E-state index in [4.69, 9.17) is 4.74 Å². The fourth-order valence-electron chi connectivity index (χ4n) is 2.32. The second kappa shape index (κ2) is 13.3. The quantitative estimate of drug-likeness (QED) is 0.208. The molecule has 2 aromatic rings. The zero-order chi connectivity index (χ0) is 17.9. The van der Waals surface area contributed by atoms with Crippen LogP contribution in [0.2, 0.25) is 0 Å². The van der Waals surface area contributed by atoms with Gasteiger partial charge in [-0.3, -0.25) is 0 Å². The van der Waals surface area contributed by atoms with Crippen LogP contribution in [-0.4, -0.2) is 41.6 Å². The van der Waals surface area contributed by atoms with E-state index in [0.29, 0.717) is 6.54 Å². The van der Waals surface area contributed by atoms with Gasteiger partial charge in [0, 0.05) is 43.2 Å². The summed E-state index contributed by atoms with van der Waals surface area (Å²) < 4.78 is 8.61. The topological polar surface area (TPSA) is 63.0 Å². The molecule has 26 heavy (non-hydrogen) atoms. The molecule has 0 aromatic carbocycles. The molecule has 0 aliphatic carbocycles. The summed E-state index contributed by atoms with van der Waals surface area (Å²) in [6, 6.07) is 3.98. The Morgan fingerprint density at radius 2 is 2.00 bits per heavy atom. The number of hydrogen-bond acceptors (Lipinski definition) is 3. The average Bonchev–Trinajstić information content (AvgIpc) is 3.00. The van der Waals surface area contributed by atoms with Crippen molar-refractivity contribution in [3.8, 4) is 0 Å². The van der Waals surface area contributed by atoms with Crippen LogP contribution in [0.4, 0.5) is 0 Å². The summed E-state index contributed by atoms with van der Waals surface area (Å²) in [4.78, 5) is 9.20. The van der Waals surface area contributed by atoms with Gasteiger partial charge in [-0.1, -0.05) is 13.3 Å². The van der Waals surface area contributed by atoms with Gasteiger partial charge in [0.2, 0.25) is 0 Å². The molecular formula is C18H29BrIN5O. The number of rotatable bonds is 10. The monoisotopic (exact) mass is 537 g/mol. The predicted molar refractivity (Wildman–Crippen MR) is 121 cm³/mol. The van der Waals surface area contributed by atoms with Crippen molar-refractivity contribution in [1.29, 1.82) is 0 Å². The normalized spacial score (nSPS) is 11.4. The SMILES string of the molecule is CCCCOCCCNC(=NCc1cn2cc(Br)ccc2n1)NCC.I. The van der Waals surface area contributed by atoms with Gasteiger partial charge in [0.1, 0.15) is 5.65 Å². The maximum absolute atomic E-state index is 5.57. The van der Waals surface area contributed by atoms with Crippen LogP contribution < -0.4 is 10.6 Å². The average molecular weight is 538 g/mol. The maximum atomic E-state index is 5.57. The summed E-state index contributed by atoms with van der Waals surface area (Å²) >= 11 is 3.47. The van der Waals surface area contributed by atoms with Crippen LogP contribution in [0.3, 0.4) is 0 Å². The van der Waals surface area contributed by atoms with Crippen molar-refractivity contribution in [3.63, 3.8) is 0 Å². The summed E-state index contributed by atoms with van der Waals surface area (Å²) in [7, 11) is 0. The first-order chi connectivity index (χ1) is 12.2. The van der Waals surface area contributed by atoms with Crippen LogP contribution in [0.1, 0.15) is 38.8 Å². The number of nitrogens with one attached hydrogen (secondary N) is 2. The van der Waals surface area contributed by atoms with Gasteiger partial charge in [-0.25, -0.2) is 9.98 Å². The van der Waals surface area contributed by atoms with Gasteiger partial charge in [0.05, 0.1) is 12.2 Å². The number of nitrogens with zero attached hydrogens (tertiary/aromatic N) is 3. The van der Waals surface area contributed by atoms with Crippen molar-refractivity contribution in [3.05, 3.63) is 34.7 Å². The molecule has 0 saturated carbocycles. The highest BCUT2D eigenvalue weighted by Gasteiger charge is 2.03. The molecule has 0 aliphatic rings. The number of halogens is 2. The van der Waals surface area contributed by atoms with Gasteiger partial charge >= 0.3 is 0 Å². The van der Waals surface area contributed by atoms with Crippen LogP contribution in [-0.2, 0) is 11.3 Å². The number of unbranched alkanes of at least 4 members (excludes halogenated alkanes) is 1. The molecule has 0 spiro atoms. The van der Waals surface area contributed by atoms with Crippen molar-refractivity contribution in [2.24, 2.45) is 4.99 Å². The van der Waals surface area contributed by atoms with Crippen LogP contribution in [0.15, 0.2) is 34.0 Å². The van der Waals surface area contributed by atoms with E-state index >= 15 is 0 Å². The summed E-state index contributed by atoms with van der Waals surface area (Å²) in [5, 5.41) is 6.60. The number of aromatic nitrogens is 2. The third-order valence-corrected chi connectivity index (χ3v) is 4.08. The Morgan fingerprint density at radius 1 is 1.19 bits per heavy atom. The lowest BCUT2D eigenvalue weighted by Gasteiger charge is -2.11. The second-order valence-electron chi connectivity index (χ2n) is 5.79. The van der Waals surface area contributed by atoms with Gasteiger partial charge < -0.3 is 19.8 Å². The molecule has 2 heterocycles. The second-order valence-corrected chi connectivity index (χ2v) is 6.70. The molecule has 0 unspecified atom stereocenters. The highest BCUT2D eigenvalue weighted by atomic mass is 127. The Hall–Kier alpha value is -0.870. The standard InChI is InChI=1S/C18H28BrN5O.HI/c1-3-5-10-25-11-6-9-21-18(20-4-2)22-12-16-14-24-13-15(19)7-8-17(24)23-16;/h7-8,13-14H,3-6,9-12H2,1-2H3,(H2,20,21,22);1H. The van der Waals surface area contributed by atoms with Gasteiger partial charge in [0.25, 0.3) is 0 Å². The molecule has 146 valence electrons. The maximum Gasteiger partial charge on any atom is 0.191 e. The lowest BCUT2D eigenvalue weighted by atomic mass is 10.4. The minimum Gasteiger partial charge on any atom is -0.381 e. The first kappa shape index (κ1) is 23.2. The third kappa shape index (κ3) is 8.22. The number of imidazole rings is 1. The van der Waals surface area contributed by atoms with E-state index in [0.717, 1.165) is 60.9 Å². The minimum atomic E-state index is 0. The fourth-order valence-corrected chi connectivity index (χ4v) is 2.68. The first-order valence-electron chi connectivity index (χ1n) is 8.96. The van der Waals surface area contributed by atoms with Crippen LogP contribution in [0.5, 0.6) is 0 Å². The van der Waals surface area contributed by atoms with E-state index in [9.17, 15) is 0 Å². The van der Waals surface area contributed by atoms with Crippen molar-refractivity contribution < 1.29 is 4.74 Å². The summed E-state index contributed by atoms with van der Waals surface area (Å²) in [6.45, 7) is 8.09. The number of aliphatic imine (C=N–C) groups is 1. The van der Waals surface area contributed by atoms with Crippen molar-refractivity contribution in [2.45, 2.75) is 39.7 Å². The number of pyridine rings is 1. The summed E-state index contributed by atoms with van der Waals surface area (Å²) in [5.41, 5.74) is 1.87. The number of ether oxygens (including phenoxy) is 1. The van der Waals surface area contributed by atoms with Gasteiger partial charge in [-0.15, -0.1) is 24.0 Å². The van der Waals surface area contributed by atoms with E-state index in [1.807, 2.05) is 28.9 Å². The van der Waals surface area contributed by atoms with Gasteiger partial charge in [-0.05, 0) is 47.8 Å². The molecule has 0 fully saturated rings. The smallest absolute Gasteiger partial charge is 0.191 e. The molecule has 2 aromatic heterocycles. The Labute approximate surface area is 181 Å². The minimum absolute atomic E-state index is 0. The van der Waals surface area contributed by atoms with E-state index < -0.39 is 0 Å². The Kier molecular flexibility index (Phi) is 11.9. The Bertz CT molecular complexity index is 677. The molecule has 0 atom stereocenters. The number of fused-ring (bicyclic) bond motifs is 1. The lowest BCUT2D eigenvalue weighted by molar-refractivity contribution is 0.129. The van der Waals surface area contributed by atoms with Crippen molar-refractivity contribution in [1.82, 2.24) is 20.0 Å². The first-order valence-corrected chi connectivity index (χ1v) is 9.75. The van der Waals surface area contributed by atoms with Crippen LogP contribution >= 0.6 is 39.9 Å².